The van der Waals surface area contributed by atoms with E-state index >= 15 is 0 Å². The van der Waals surface area contributed by atoms with Crippen LogP contribution in [0.1, 0.15) is 46.5 Å². The van der Waals surface area contributed by atoms with Gasteiger partial charge in [0.25, 0.3) is 11.8 Å². The molecule has 7 nitrogen and oxygen atoms in total. The first kappa shape index (κ1) is 16.8. The first-order chi connectivity index (χ1) is 12.6. The Kier molecular flexibility index (Phi) is 4.22. The highest BCUT2D eigenvalue weighted by Gasteiger charge is 2.47. The van der Waals surface area contributed by atoms with Crippen LogP contribution in [-0.2, 0) is 7.05 Å². The molecule has 4 rings (SSSR count). The molecule has 4 heterocycles. The highest BCUT2D eigenvalue weighted by atomic mass is 16.2. The Morgan fingerprint density at radius 3 is 2.50 bits per heavy atom. The average Bonchev–Trinajstić information content (AvgIpc) is 3.28. The number of nitrogens with zero attached hydrogens (tertiary/aromatic N) is 5. The predicted octanol–water partition coefficient (Wildman–Crippen LogP) is 1.73. The summed E-state index contributed by atoms with van der Waals surface area (Å²) < 4.78 is 1.79. The summed E-state index contributed by atoms with van der Waals surface area (Å²) in [5, 5.41) is 0. The number of hydrogen-bond donors (Lipinski definition) is 0. The van der Waals surface area contributed by atoms with E-state index in [0.29, 0.717) is 17.8 Å². The van der Waals surface area contributed by atoms with Crippen molar-refractivity contribution in [2.75, 3.05) is 19.6 Å². The lowest BCUT2D eigenvalue weighted by molar-refractivity contribution is 0.0271. The van der Waals surface area contributed by atoms with Gasteiger partial charge in [-0.3, -0.25) is 14.6 Å². The maximum absolute atomic E-state index is 13.0. The van der Waals surface area contributed by atoms with Crippen LogP contribution in [0.5, 0.6) is 0 Å². The molecule has 26 heavy (non-hydrogen) atoms. The monoisotopic (exact) mass is 353 g/mol. The summed E-state index contributed by atoms with van der Waals surface area (Å²) in [6, 6.07) is 3.49. The molecule has 2 aliphatic heterocycles. The number of hydrogen-bond acceptors (Lipinski definition) is 4. The Hall–Kier alpha value is -2.70. The normalized spacial score (nSPS) is 22.8. The summed E-state index contributed by atoms with van der Waals surface area (Å²) in [5.74, 6) is -0.00933. The van der Waals surface area contributed by atoms with E-state index in [1.807, 2.05) is 16.8 Å². The molecule has 0 N–H and O–H groups in total. The van der Waals surface area contributed by atoms with E-state index in [1.165, 1.54) is 0 Å². The van der Waals surface area contributed by atoms with Gasteiger partial charge in [-0.15, -0.1) is 0 Å². The zero-order chi connectivity index (χ0) is 18.1. The van der Waals surface area contributed by atoms with Crippen molar-refractivity contribution in [1.82, 2.24) is 24.3 Å². The Balaban J connectivity index is 1.56. The molecule has 2 amide bonds. The molecule has 0 saturated carbocycles. The van der Waals surface area contributed by atoms with Crippen molar-refractivity contribution in [2.24, 2.45) is 7.05 Å². The standard InChI is InChI=1S/C19H23N5O2/c1-22-12-16(21-14-22)18(26)24-11-3-7-19(24)6-2-10-23(13-19)17(25)15-4-8-20-9-5-15/h4-5,8-9,12,14H,2-3,6-7,10-11,13H2,1H3. The van der Waals surface area contributed by atoms with Crippen molar-refractivity contribution in [3.8, 4) is 0 Å². The third-order valence-electron chi connectivity index (χ3n) is 5.54. The van der Waals surface area contributed by atoms with Crippen LogP contribution in [0.25, 0.3) is 0 Å². The van der Waals surface area contributed by atoms with E-state index in [4.69, 9.17) is 0 Å². The van der Waals surface area contributed by atoms with Gasteiger partial charge in [-0.1, -0.05) is 0 Å². The van der Waals surface area contributed by atoms with Gasteiger partial charge in [0, 0.05) is 50.8 Å². The van der Waals surface area contributed by atoms with Gasteiger partial charge >= 0.3 is 0 Å². The number of likely N-dealkylation sites (tertiary alicyclic amines) is 2. The number of aromatic nitrogens is 3. The van der Waals surface area contributed by atoms with E-state index in [-0.39, 0.29) is 17.4 Å². The Morgan fingerprint density at radius 2 is 1.81 bits per heavy atom. The van der Waals surface area contributed by atoms with Crippen molar-refractivity contribution in [2.45, 2.75) is 31.2 Å². The number of carbonyl (C=O) groups excluding carboxylic acids is 2. The fourth-order valence-electron chi connectivity index (χ4n) is 4.30. The van der Waals surface area contributed by atoms with Gasteiger partial charge in [-0.2, -0.15) is 0 Å². The fraction of sp³-hybridized carbons (Fsp3) is 0.474. The molecule has 0 bridgehead atoms. The molecule has 0 radical (unpaired) electrons. The summed E-state index contributed by atoms with van der Waals surface area (Å²) in [6.07, 6.45) is 10.4. The molecule has 2 aliphatic rings. The fourth-order valence-corrected chi connectivity index (χ4v) is 4.30. The van der Waals surface area contributed by atoms with Gasteiger partial charge in [0.1, 0.15) is 5.69 Å². The summed E-state index contributed by atoms with van der Waals surface area (Å²) in [6.45, 7) is 2.05. The molecule has 1 atom stereocenters. The van der Waals surface area contributed by atoms with E-state index in [2.05, 4.69) is 9.97 Å². The molecule has 7 heteroatoms. The number of carbonyl (C=O) groups is 2. The van der Waals surface area contributed by atoms with E-state index < -0.39 is 0 Å². The van der Waals surface area contributed by atoms with Gasteiger partial charge in [0.05, 0.1) is 11.9 Å². The van der Waals surface area contributed by atoms with Crippen molar-refractivity contribution in [3.05, 3.63) is 48.3 Å². The molecule has 2 saturated heterocycles. The number of piperidine rings is 1. The zero-order valence-corrected chi connectivity index (χ0v) is 15.0. The minimum Gasteiger partial charge on any atom is -0.340 e. The van der Waals surface area contributed by atoms with Gasteiger partial charge in [-0.25, -0.2) is 4.98 Å². The molecule has 1 unspecified atom stereocenters. The number of pyridine rings is 1. The highest BCUT2D eigenvalue weighted by molar-refractivity contribution is 5.95. The molecule has 2 fully saturated rings. The zero-order valence-electron chi connectivity index (χ0n) is 15.0. The van der Waals surface area contributed by atoms with E-state index in [9.17, 15) is 9.59 Å². The minimum absolute atomic E-state index is 0.0172. The van der Waals surface area contributed by atoms with Crippen LogP contribution < -0.4 is 0 Å². The average molecular weight is 353 g/mol. The van der Waals surface area contributed by atoms with Crippen molar-refractivity contribution >= 4 is 11.8 Å². The van der Waals surface area contributed by atoms with Crippen molar-refractivity contribution in [1.29, 1.82) is 0 Å². The number of aryl methyl sites for hydroxylation is 1. The summed E-state index contributed by atoms with van der Waals surface area (Å²) >= 11 is 0. The summed E-state index contributed by atoms with van der Waals surface area (Å²) in [7, 11) is 1.86. The van der Waals surface area contributed by atoms with Crippen molar-refractivity contribution < 1.29 is 9.59 Å². The highest BCUT2D eigenvalue weighted by Crippen LogP contribution is 2.38. The van der Waals surface area contributed by atoms with E-state index in [0.717, 1.165) is 38.8 Å². The first-order valence-corrected chi connectivity index (χ1v) is 9.08. The largest absolute Gasteiger partial charge is 0.340 e. The van der Waals surface area contributed by atoms with Crippen LogP contribution >= 0.6 is 0 Å². The number of imidazole rings is 1. The third kappa shape index (κ3) is 2.87. The second-order valence-electron chi connectivity index (χ2n) is 7.28. The lowest BCUT2D eigenvalue weighted by Crippen LogP contribution is -2.58. The lowest BCUT2D eigenvalue weighted by atomic mass is 9.86. The first-order valence-electron chi connectivity index (χ1n) is 9.08. The maximum atomic E-state index is 13.0. The minimum atomic E-state index is -0.268. The molecular formula is C19H23N5O2. The summed E-state index contributed by atoms with van der Waals surface area (Å²) in [4.78, 5) is 37.9. The molecular weight excluding hydrogens is 330 g/mol. The SMILES string of the molecule is Cn1cnc(C(=O)N2CCCC23CCCN(C(=O)c2ccncc2)C3)c1. The Morgan fingerprint density at radius 1 is 1.08 bits per heavy atom. The van der Waals surface area contributed by atoms with Crippen LogP contribution in [0.4, 0.5) is 0 Å². The molecule has 0 aliphatic carbocycles. The quantitative estimate of drug-likeness (QED) is 0.824. The van der Waals surface area contributed by atoms with Crippen LogP contribution in [-0.4, -0.2) is 61.3 Å². The Bertz CT molecular complexity index is 818. The maximum Gasteiger partial charge on any atom is 0.274 e. The van der Waals surface area contributed by atoms with Gasteiger partial charge in [0.2, 0.25) is 0 Å². The van der Waals surface area contributed by atoms with Gasteiger partial charge in [-0.05, 0) is 37.8 Å². The Labute approximate surface area is 152 Å². The van der Waals surface area contributed by atoms with Gasteiger partial charge < -0.3 is 14.4 Å². The van der Waals surface area contributed by atoms with Crippen LogP contribution in [0.2, 0.25) is 0 Å². The van der Waals surface area contributed by atoms with Crippen LogP contribution in [0.15, 0.2) is 37.1 Å². The lowest BCUT2D eigenvalue weighted by Gasteiger charge is -2.45. The third-order valence-corrected chi connectivity index (χ3v) is 5.54. The second kappa shape index (κ2) is 6.55. The van der Waals surface area contributed by atoms with Crippen molar-refractivity contribution in [3.63, 3.8) is 0 Å². The number of amides is 2. The van der Waals surface area contributed by atoms with Crippen LogP contribution in [0.3, 0.4) is 0 Å². The molecule has 2 aromatic rings. The molecule has 2 aromatic heterocycles. The molecule has 1 spiro atoms. The number of rotatable bonds is 2. The second-order valence-corrected chi connectivity index (χ2v) is 7.28. The van der Waals surface area contributed by atoms with E-state index in [1.54, 1.807) is 41.6 Å². The summed E-state index contributed by atoms with van der Waals surface area (Å²) in [5.41, 5.74) is 0.860. The molecule has 0 aromatic carbocycles. The van der Waals surface area contributed by atoms with Gasteiger partial charge in [0.15, 0.2) is 0 Å². The molecule has 136 valence electrons. The smallest absolute Gasteiger partial charge is 0.274 e. The topological polar surface area (TPSA) is 71.3 Å². The van der Waals surface area contributed by atoms with Crippen LogP contribution in [0, 0.1) is 0 Å². The predicted molar refractivity (Wildman–Crippen MR) is 95.6 cm³/mol.